The summed E-state index contributed by atoms with van der Waals surface area (Å²) in [4.78, 5) is 28.2. The highest BCUT2D eigenvalue weighted by Gasteiger charge is 2.42. The molecular weight excluding hydrogens is 504 g/mol. The van der Waals surface area contributed by atoms with Crippen molar-refractivity contribution in [2.45, 2.75) is 36.8 Å². The lowest BCUT2D eigenvalue weighted by molar-refractivity contribution is -0.126. The van der Waals surface area contributed by atoms with Crippen LogP contribution < -0.4 is 10.6 Å². The molecule has 0 aliphatic carbocycles. The third-order valence-corrected chi connectivity index (χ3v) is 9.05. The molecule has 2 heterocycles. The predicted molar refractivity (Wildman–Crippen MR) is 145 cm³/mol. The number of fused-ring (bicyclic) bond motifs is 1. The second-order valence-corrected chi connectivity index (χ2v) is 11.6. The number of hydrogen-bond donors (Lipinski definition) is 2. The Morgan fingerprint density at radius 2 is 1.76 bits per heavy atom. The van der Waals surface area contributed by atoms with Crippen LogP contribution in [0.3, 0.4) is 0 Å². The number of amides is 3. The zero-order valence-electron chi connectivity index (χ0n) is 21.3. The number of piperazine rings is 1. The van der Waals surface area contributed by atoms with Crippen molar-refractivity contribution < 1.29 is 22.7 Å². The van der Waals surface area contributed by atoms with Crippen LogP contribution >= 0.6 is 0 Å². The van der Waals surface area contributed by atoms with Gasteiger partial charge in [0.25, 0.3) is 0 Å². The molecule has 5 rings (SSSR count). The Bertz CT molecular complexity index is 1420. The van der Waals surface area contributed by atoms with Crippen LogP contribution in [0.5, 0.6) is 0 Å². The molecule has 2 aliphatic rings. The summed E-state index contributed by atoms with van der Waals surface area (Å²) in [6.45, 7) is 2.98. The molecular formula is C28H32N4O5S. The second kappa shape index (κ2) is 11.1. The number of nitrogens with one attached hydrogen (secondary N) is 2. The summed E-state index contributed by atoms with van der Waals surface area (Å²) in [6.07, 6.45) is 1.68. The Hall–Kier alpha value is -3.47. The van der Waals surface area contributed by atoms with Crippen LogP contribution in [0.2, 0.25) is 0 Å². The molecule has 10 heteroatoms. The number of carbonyl (C=O) groups is 2. The van der Waals surface area contributed by atoms with Crippen molar-refractivity contribution in [1.82, 2.24) is 14.5 Å². The van der Waals surface area contributed by atoms with Crippen LogP contribution in [0.25, 0.3) is 10.8 Å². The molecule has 2 fully saturated rings. The normalized spacial score (nSPS) is 20.4. The van der Waals surface area contributed by atoms with E-state index < -0.39 is 22.0 Å². The maximum Gasteiger partial charge on any atom is 0.321 e. The van der Waals surface area contributed by atoms with Gasteiger partial charge >= 0.3 is 6.03 Å². The summed E-state index contributed by atoms with van der Waals surface area (Å²) in [5.74, 6) is -0.447. The van der Waals surface area contributed by atoms with E-state index in [2.05, 4.69) is 10.6 Å². The lowest BCUT2D eigenvalue weighted by Gasteiger charge is -2.39. The monoisotopic (exact) mass is 536 g/mol. The molecule has 2 unspecified atom stereocenters. The number of carbonyl (C=O) groups excluding carboxylic acids is 2. The van der Waals surface area contributed by atoms with Gasteiger partial charge in [0.15, 0.2) is 0 Å². The molecule has 3 aromatic rings. The number of ether oxygens (including phenoxy) is 1. The smallest absolute Gasteiger partial charge is 0.321 e. The Labute approximate surface area is 222 Å². The number of benzene rings is 3. The highest BCUT2D eigenvalue weighted by atomic mass is 32.2. The largest absolute Gasteiger partial charge is 0.376 e. The van der Waals surface area contributed by atoms with Gasteiger partial charge in [-0.15, -0.1) is 0 Å². The van der Waals surface area contributed by atoms with Crippen LogP contribution in [0.1, 0.15) is 18.4 Å². The van der Waals surface area contributed by atoms with Gasteiger partial charge in [0.2, 0.25) is 15.9 Å². The van der Waals surface area contributed by atoms with Crippen molar-refractivity contribution in [2.75, 3.05) is 38.1 Å². The van der Waals surface area contributed by atoms with E-state index in [1.165, 1.54) is 9.21 Å². The van der Waals surface area contributed by atoms with E-state index in [1.807, 2.05) is 37.3 Å². The molecule has 200 valence electrons. The van der Waals surface area contributed by atoms with Gasteiger partial charge in [0.05, 0.1) is 11.0 Å². The first-order chi connectivity index (χ1) is 18.3. The van der Waals surface area contributed by atoms with Crippen LogP contribution in [-0.4, -0.2) is 74.5 Å². The number of anilines is 1. The first-order valence-electron chi connectivity index (χ1n) is 12.8. The lowest BCUT2D eigenvalue weighted by Crippen LogP contribution is -2.62. The van der Waals surface area contributed by atoms with Gasteiger partial charge < -0.3 is 20.3 Å². The number of hydrogen-bond acceptors (Lipinski definition) is 5. The minimum atomic E-state index is -4.05. The quantitative estimate of drug-likeness (QED) is 0.502. The Kier molecular flexibility index (Phi) is 7.64. The van der Waals surface area contributed by atoms with Crippen LogP contribution in [0.15, 0.2) is 71.6 Å². The molecule has 0 aromatic heterocycles. The summed E-state index contributed by atoms with van der Waals surface area (Å²) in [5.41, 5.74) is 1.70. The standard InChI is InChI=1S/C28H32N4O5S/c1-20-11-13-22(14-12-20)30-28(34)31-15-16-32(25(19-31)27(33)29-18-23-8-5-17-37-23)38(35,36)26-10-4-7-21-6-2-3-9-24(21)26/h2-4,6-7,9-14,23,25H,5,8,15-19H2,1H3,(H,29,33)(H,30,34). The van der Waals surface area contributed by atoms with Gasteiger partial charge in [-0.1, -0.05) is 54.1 Å². The molecule has 2 aliphatic heterocycles. The SMILES string of the molecule is Cc1ccc(NC(=O)N2CCN(S(=O)(=O)c3cccc4ccccc34)C(C(=O)NCC3CCCO3)C2)cc1. The minimum absolute atomic E-state index is 0.00904. The first kappa shape index (κ1) is 26.1. The highest BCUT2D eigenvalue weighted by Crippen LogP contribution is 2.28. The predicted octanol–water partition coefficient (Wildman–Crippen LogP) is 3.35. The molecule has 0 bridgehead atoms. The highest BCUT2D eigenvalue weighted by molar-refractivity contribution is 7.89. The second-order valence-electron chi connectivity index (χ2n) is 9.73. The Balaban J connectivity index is 1.40. The van der Waals surface area contributed by atoms with Gasteiger partial charge in [-0.05, 0) is 43.4 Å². The van der Waals surface area contributed by atoms with Gasteiger partial charge in [0.1, 0.15) is 6.04 Å². The minimum Gasteiger partial charge on any atom is -0.376 e. The van der Waals surface area contributed by atoms with Crippen molar-refractivity contribution in [2.24, 2.45) is 0 Å². The molecule has 2 saturated heterocycles. The van der Waals surface area contributed by atoms with E-state index in [0.717, 1.165) is 23.8 Å². The average molecular weight is 537 g/mol. The number of nitrogens with zero attached hydrogens (tertiary/aromatic N) is 2. The van der Waals surface area contributed by atoms with E-state index in [0.29, 0.717) is 24.2 Å². The molecule has 0 spiro atoms. The summed E-state index contributed by atoms with van der Waals surface area (Å²) < 4.78 is 34.8. The molecule has 2 N–H and O–H groups in total. The molecule has 3 amide bonds. The van der Waals surface area contributed by atoms with Gasteiger partial charge in [-0.3, -0.25) is 4.79 Å². The van der Waals surface area contributed by atoms with Gasteiger partial charge in [0, 0.05) is 43.9 Å². The molecule has 3 aromatic carbocycles. The Morgan fingerprint density at radius 3 is 2.53 bits per heavy atom. The van der Waals surface area contributed by atoms with E-state index in [4.69, 9.17) is 4.74 Å². The summed E-state index contributed by atoms with van der Waals surface area (Å²) in [5, 5.41) is 7.11. The third kappa shape index (κ3) is 5.52. The fraction of sp³-hybridized carbons (Fsp3) is 0.357. The summed E-state index contributed by atoms with van der Waals surface area (Å²) in [7, 11) is -4.05. The maximum atomic E-state index is 14.0. The molecule has 2 atom stereocenters. The van der Waals surface area contributed by atoms with E-state index in [-0.39, 0.29) is 36.7 Å². The fourth-order valence-electron chi connectivity index (χ4n) is 4.98. The van der Waals surface area contributed by atoms with Crippen LogP contribution in [0.4, 0.5) is 10.5 Å². The van der Waals surface area contributed by atoms with Gasteiger partial charge in [-0.25, -0.2) is 13.2 Å². The topological polar surface area (TPSA) is 108 Å². The fourth-order valence-corrected chi connectivity index (χ4v) is 6.76. The maximum absolute atomic E-state index is 14.0. The number of rotatable bonds is 6. The third-order valence-electron chi connectivity index (χ3n) is 7.09. The molecule has 9 nitrogen and oxygen atoms in total. The van der Waals surface area contributed by atoms with Crippen molar-refractivity contribution in [3.05, 3.63) is 72.3 Å². The number of aryl methyl sites for hydroxylation is 1. The number of sulfonamides is 1. The zero-order chi connectivity index (χ0) is 26.7. The van der Waals surface area contributed by atoms with Crippen LogP contribution in [0, 0.1) is 6.92 Å². The van der Waals surface area contributed by atoms with E-state index >= 15 is 0 Å². The molecule has 0 radical (unpaired) electrons. The van der Waals surface area contributed by atoms with E-state index in [9.17, 15) is 18.0 Å². The van der Waals surface area contributed by atoms with Gasteiger partial charge in [-0.2, -0.15) is 4.31 Å². The first-order valence-corrected chi connectivity index (χ1v) is 14.3. The lowest BCUT2D eigenvalue weighted by atomic mass is 10.1. The summed E-state index contributed by atoms with van der Waals surface area (Å²) in [6, 6.07) is 18.3. The molecule has 38 heavy (non-hydrogen) atoms. The van der Waals surface area contributed by atoms with Crippen molar-refractivity contribution in [1.29, 1.82) is 0 Å². The molecule has 0 saturated carbocycles. The average Bonchev–Trinajstić information content (AvgIpc) is 3.46. The van der Waals surface area contributed by atoms with Crippen molar-refractivity contribution in [3.8, 4) is 0 Å². The van der Waals surface area contributed by atoms with Crippen LogP contribution in [-0.2, 0) is 19.6 Å². The summed E-state index contributed by atoms with van der Waals surface area (Å²) >= 11 is 0. The number of urea groups is 1. The van der Waals surface area contributed by atoms with E-state index in [1.54, 1.807) is 36.4 Å². The Morgan fingerprint density at radius 1 is 1.00 bits per heavy atom. The zero-order valence-corrected chi connectivity index (χ0v) is 22.1. The van der Waals surface area contributed by atoms with Crippen molar-refractivity contribution in [3.63, 3.8) is 0 Å². The van der Waals surface area contributed by atoms with Crippen molar-refractivity contribution >= 4 is 38.4 Å².